The SMILES string of the molecule is N#Cc1ccnc(N2C[C@@H](O)C[C@@H]2c2cccc(F)c2)c1. The van der Waals surface area contributed by atoms with E-state index < -0.39 is 6.10 Å². The molecule has 21 heavy (non-hydrogen) atoms. The third-order valence-electron chi connectivity index (χ3n) is 3.68. The smallest absolute Gasteiger partial charge is 0.130 e. The lowest BCUT2D eigenvalue weighted by Gasteiger charge is -2.25. The molecule has 0 amide bonds. The molecule has 1 fully saturated rings. The largest absolute Gasteiger partial charge is 0.391 e. The van der Waals surface area contributed by atoms with Crippen molar-refractivity contribution < 1.29 is 9.50 Å². The van der Waals surface area contributed by atoms with Crippen LogP contribution in [0.15, 0.2) is 42.6 Å². The van der Waals surface area contributed by atoms with Gasteiger partial charge in [-0.2, -0.15) is 5.26 Å². The van der Waals surface area contributed by atoms with Crippen LogP contribution in [0.1, 0.15) is 23.6 Å². The highest BCUT2D eigenvalue weighted by molar-refractivity contribution is 5.48. The van der Waals surface area contributed by atoms with Gasteiger partial charge < -0.3 is 10.0 Å². The fraction of sp³-hybridized carbons (Fsp3) is 0.250. The second-order valence-electron chi connectivity index (χ2n) is 5.13. The van der Waals surface area contributed by atoms with E-state index in [4.69, 9.17) is 5.26 Å². The van der Waals surface area contributed by atoms with E-state index in [0.717, 1.165) is 5.56 Å². The zero-order chi connectivity index (χ0) is 14.8. The number of benzene rings is 1. The zero-order valence-electron chi connectivity index (χ0n) is 11.3. The molecular weight excluding hydrogens is 269 g/mol. The van der Waals surface area contributed by atoms with Crippen LogP contribution >= 0.6 is 0 Å². The van der Waals surface area contributed by atoms with Crippen LogP contribution < -0.4 is 4.90 Å². The van der Waals surface area contributed by atoms with E-state index in [0.29, 0.717) is 24.3 Å². The van der Waals surface area contributed by atoms with Gasteiger partial charge in [0.1, 0.15) is 11.6 Å². The molecule has 0 unspecified atom stereocenters. The second-order valence-corrected chi connectivity index (χ2v) is 5.13. The summed E-state index contributed by atoms with van der Waals surface area (Å²) in [5.74, 6) is 0.326. The molecule has 1 aromatic carbocycles. The van der Waals surface area contributed by atoms with Crippen molar-refractivity contribution >= 4 is 5.82 Å². The van der Waals surface area contributed by atoms with Gasteiger partial charge in [0.05, 0.1) is 23.8 Å². The molecule has 1 N–H and O–H groups in total. The highest BCUT2D eigenvalue weighted by Gasteiger charge is 2.33. The fourth-order valence-electron chi connectivity index (χ4n) is 2.74. The number of nitriles is 1. The maximum absolute atomic E-state index is 13.4. The van der Waals surface area contributed by atoms with Crippen LogP contribution in [0.3, 0.4) is 0 Å². The molecule has 1 aromatic heterocycles. The average molecular weight is 283 g/mol. The van der Waals surface area contributed by atoms with Gasteiger partial charge in [0, 0.05) is 12.7 Å². The van der Waals surface area contributed by atoms with Gasteiger partial charge in [-0.3, -0.25) is 0 Å². The third kappa shape index (κ3) is 2.71. The molecule has 0 bridgehead atoms. The Morgan fingerprint density at radius 1 is 1.33 bits per heavy atom. The number of hydrogen-bond acceptors (Lipinski definition) is 4. The molecule has 3 rings (SSSR count). The Kier molecular flexibility index (Phi) is 3.55. The molecule has 106 valence electrons. The van der Waals surface area contributed by atoms with Crippen LogP contribution in [0.2, 0.25) is 0 Å². The van der Waals surface area contributed by atoms with E-state index in [2.05, 4.69) is 11.1 Å². The molecule has 4 nitrogen and oxygen atoms in total. The first-order valence-corrected chi connectivity index (χ1v) is 6.73. The molecule has 2 atom stereocenters. The molecule has 5 heteroatoms. The lowest BCUT2D eigenvalue weighted by Crippen LogP contribution is -2.25. The number of anilines is 1. The molecule has 2 aromatic rings. The molecule has 1 aliphatic heterocycles. The molecule has 1 aliphatic rings. The molecule has 0 spiro atoms. The normalized spacial score (nSPS) is 21.3. The highest BCUT2D eigenvalue weighted by atomic mass is 19.1. The summed E-state index contributed by atoms with van der Waals surface area (Å²) in [4.78, 5) is 6.19. The van der Waals surface area contributed by atoms with Gasteiger partial charge in [-0.15, -0.1) is 0 Å². The Labute approximate surface area is 122 Å². The maximum atomic E-state index is 13.4. The van der Waals surface area contributed by atoms with Gasteiger partial charge in [0.25, 0.3) is 0 Å². The summed E-state index contributed by atoms with van der Waals surface area (Å²) >= 11 is 0. The number of halogens is 1. The first-order valence-electron chi connectivity index (χ1n) is 6.73. The summed E-state index contributed by atoms with van der Waals surface area (Å²) in [6.07, 6.45) is 1.59. The first-order chi connectivity index (χ1) is 10.2. The topological polar surface area (TPSA) is 60.2 Å². The standard InChI is InChI=1S/C16H14FN3O/c17-13-3-1-2-12(7-13)15-8-14(21)10-20(15)16-6-11(9-18)4-5-19-16/h1-7,14-15,21H,8,10H2/t14-,15+/m0/s1. The number of aromatic nitrogens is 1. The van der Waals surface area contributed by atoms with Gasteiger partial charge in [0.2, 0.25) is 0 Å². The zero-order valence-corrected chi connectivity index (χ0v) is 11.3. The lowest BCUT2D eigenvalue weighted by molar-refractivity contribution is 0.194. The summed E-state index contributed by atoms with van der Waals surface area (Å²) in [6.45, 7) is 0.420. The summed E-state index contributed by atoms with van der Waals surface area (Å²) in [6, 6.07) is 11.6. The molecular formula is C16H14FN3O. The summed E-state index contributed by atoms with van der Waals surface area (Å²) in [5.41, 5.74) is 1.31. The van der Waals surface area contributed by atoms with Crippen LogP contribution in [0, 0.1) is 17.1 Å². The summed E-state index contributed by atoms with van der Waals surface area (Å²) in [5, 5.41) is 18.9. The van der Waals surface area contributed by atoms with Crippen molar-refractivity contribution in [2.24, 2.45) is 0 Å². The number of β-amino-alcohol motifs (C(OH)–C–C–N with tert-alkyl or cyclic N) is 1. The number of aliphatic hydroxyl groups is 1. The van der Waals surface area contributed by atoms with Crippen LogP contribution in [0.25, 0.3) is 0 Å². The van der Waals surface area contributed by atoms with E-state index in [1.54, 1.807) is 24.4 Å². The van der Waals surface area contributed by atoms with Crippen LogP contribution in [0.4, 0.5) is 10.2 Å². The molecule has 2 heterocycles. The number of nitrogens with zero attached hydrogens (tertiary/aromatic N) is 3. The van der Waals surface area contributed by atoms with Crippen molar-refractivity contribution in [3.63, 3.8) is 0 Å². The van der Waals surface area contributed by atoms with Gasteiger partial charge in [-0.05, 0) is 36.2 Å². The number of pyridine rings is 1. The van der Waals surface area contributed by atoms with Crippen molar-refractivity contribution in [1.82, 2.24) is 4.98 Å². The summed E-state index contributed by atoms with van der Waals surface area (Å²) in [7, 11) is 0. The fourth-order valence-corrected chi connectivity index (χ4v) is 2.74. The number of rotatable bonds is 2. The van der Waals surface area contributed by atoms with Crippen LogP contribution in [0.5, 0.6) is 0 Å². The average Bonchev–Trinajstić information content (AvgIpc) is 2.89. The predicted octanol–water partition coefficient (Wildman–Crippen LogP) is 2.40. The van der Waals surface area contributed by atoms with Crippen molar-refractivity contribution in [1.29, 1.82) is 5.26 Å². The van der Waals surface area contributed by atoms with Crippen LogP contribution in [-0.2, 0) is 0 Å². The minimum Gasteiger partial charge on any atom is -0.391 e. The first kappa shape index (κ1) is 13.5. The Morgan fingerprint density at radius 2 is 2.19 bits per heavy atom. The van der Waals surface area contributed by atoms with E-state index in [-0.39, 0.29) is 11.9 Å². The lowest BCUT2D eigenvalue weighted by atomic mass is 10.0. The Bertz CT molecular complexity index is 698. The quantitative estimate of drug-likeness (QED) is 0.919. The predicted molar refractivity (Wildman–Crippen MR) is 76.1 cm³/mol. The van der Waals surface area contributed by atoms with E-state index >= 15 is 0 Å². The Morgan fingerprint density at radius 3 is 2.95 bits per heavy atom. The molecule has 1 saturated heterocycles. The van der Waals surface area contributed by atoms with Crippen molar-refractivity contribution in [3.05, 3.63) is 59.5 Å². The maximum Gasteiger partial charge on any atom is 0.130 e. The van der Waals surface area contributed by atoms with Crippen molar-refractivity contribution in [2.75, 3.05) is 11.4 Å². The third-order valence-corrected chi connectivity index (χ3v) is 3.68. The molecule has 0 saturated carbocycles. The van der Waals surface area contributed by atoms with Gasteiger partial charge in [0.15, 0.2) is 0 Å². The second kappa shape index (κ2) is 5.51. The number of hydrogen-bond donors (Lipinski definition) is 1. The minimum atomic E-state index is -0.495. The summed E-state index contributed by atoms with van der Waals surface area (Å²) < 4.78 is 13.4. The van der Waals surface area contributed by atoms with Gasteiger partial charge in [-0.25, -0.2) is 9.37 Å². The Hall–Kier alpha value is -2.45. The van der Waals surface area contributed by atoms with E-state index in [9.17, 15) is 9.50 Å². The molecule has 0 aliphatic carbocycles. The number of aliphatic hydroxyl groups excluding tert-OH is 1. The van der Waals surface area contributed by atoms with Crippen molar-refractivity contribution in [2.45, 2.75) is 18.6 Å². The van der Waals surface area contributed by atoms with Crippen molar-refractivity contribution in [3.8, 4) is 6.07 Å². The monoisotopic (exact) mass is 283 g/mol. The van der Waals surface area contributed by atoms with Crippen LogP contribution in [-0.4, -0.2) is 22.7 Å². The highest BCUT2D eigenvalue weighted by Crippen LogP contribution is 2.35. The van der Waals surface area contributed by atoms with Gasteiger partial charge >= 0.3 is 0 Å². The minimum absolute atomic E-state index is 0.142. The molecule has 0 radical (unpaired) electrons. The Balaban J connectivity index is 1.97. The van der Waals surface area contributed by atoms with E-state index in [1.165, 1.54) is 12.1 Å². The van der Waals surface area contributed by atoms with E-state index in [1.807, 2.05) is 11.0 Å². The van der Waals surface area contributed by atoms with Gasteiger partial charge in [-0.1, -0.05) is 12.1 Å².